The Labute approximate surface area is 72.7 Å². The highest BCUT2D eigenvalue weighted by atomic mass is 16.5. The molecule has 3 heteroatoms. The molecule has 0 bridgehead atoms. The van der Waals surface area contributed by atoms with E-state index in [1.807, 2.05) is 0 Å². The molecule has 1 aliphatic heterocycles. The summed E-state index contributed by atoms with van der Waals surface area (Å²) in [5.41, 5.74) is -0.736. The van der Waals surface area contributed by atoms with Gasteiger partial charge in [0.1, 0.15) is 0 Å². The lowest BCUT2D eigenvalue weighted by atomic mass is 9.83. The summed E-state index contributed by atoms with van der Waals surface area (Å²) in [4.78, 5) is 10.8. The molecule has 0 radical (unpaired) electrons. The van der Waals surface area contributed by atoms with Gasteiger partial charge in [-0.15, -0.1) is 0 Å². The van der Waals surface area contributed by atoms with Crippen molar-refractivity contribution in [1.82, 2.24) is 0 Å². The van der Waals surface area contributed by atoms with Gasteiger partial charge in [0.15, 0.2) is 0 Å². The molecule has 0 unspecified atom stereocenters. The fourth-order valence-corrected chi connectivity index (χ4v) is 1.45. The second kappa shape index (κ2) is 3.44. The van der Waals surface area contributed by atoms with Crippen molar-refractivity contribution in [3.63, 3.8) is 0 Å². The summed E-state index contributed by atoms with van der Waals surface area (Å²) >= 11 is 0. The summed E-state index contributed by atoms with van der Waals surface area (Å²) in [6.07, 6.45) is 2.91. The van der Waals surface area contributed by atoms with Gasteiger partial charge in [-0.2, -0.15) is 0 Å². The summed E-state index contributed by atoms with van der Waals surface area (Å²) in [6.45, 7) is 4.16. The maximum Gasteiger partial charge on any atom is 0.311 e. The van der Waals surface area contributed by atoms with Crippen molar-refractivity contribution in [3.8, 4) is 0 Å². The maximum absolute atomic E-state index is 10.8. The van der Waals surface area contributed by atoms with Crippen LogP contribution >= 0.6 is 0 Å². The van der Waals surface area contributed by atoms with E-state index in [-0.39, 0.29) is 6.10 Å². The van der Waals surface area contributed by atoms with Crippen LogP contribution in [0.5, 0.6) is 0 Å². The molecule has 1 aliphatic rings. The third-order valence-electron chi connectivity index (χ3n) is 2.54. The van der Waals surface area contributed by atoms with Crippen molar-refractivity contribution in [2.24, 2.45) is 5.41 Å². The van der Waals surface area contributed by atoms with E-state index in [1.165, 1.54) is 0 Å². The van der Waals surface area contributed by atoms with E-state index in [0.717, 1.165) is 19.3 Å². The minimum Gasteiger partial charge on any atom is -0.481 e. The molecule has 1 rings (SSSR count). The van der Waals surface area contributed by atoms with Crippen LogP contribution in [0.3, 0.4) is 0 Å². The zero-order valence-corrected chi connectivity index (χ0v) is 7.67. The number of aliphatic carboxylic acids is 1. The van der Waals surface area contributed by atoms with E-state index in [1.54, 1.807) is 13.8 Å². The van der Waals surface area contributed by atoms with Crippen molar-refractivity contribution in [2.45, 2.75) is 39.2 Å². The predicted octanol–water partition coefficient (Wildman–Crippen LogP) is 1.67. The first-order chi connectivity index (χ1) is 5.55. The molecule has 0 saturated carbocycles. The van der Waals surface area contributed by atoms with Gasteiger partial charge in [0, 0.05) is 6.61 Å². The van der Waals surface area contributed by atoms with Gasteiger partial charge < -0.3 is 9.84 Å². The largest absolute Gasteiger partial charge is 0.481 e. The van der Waals surface area contributed by atoms with Crippen LogP contribution < -0.4 is 0 Å². The zero-order valence-electron chi connectivity index (χ0n) is 7.67. The summed E-state index contributed by atoms with van der Waals surface area (Å²) in [5, 5.41) is 8.91. The Morgan fingerprint density at radius 3 is 2.58 bits per heavy atom. The highest BCUT2D eigenvalue weighted by Crippen LogP contribution is 2.30. The lowest BCUT2D eigenvalue weighted by Gasteiger charge is -2.33. The molecule has 3 nitrogen and oxygen atoms in total. The quantitative estimate of drug-likeness (QED) is 0.689. The fourth-order valence-electron chi connectivity index (χ4n) is 1.45. The normalized spacial score (nSPS) is 25.3. The standard InChI is InChI=1S/C9H16O3/c1-9(2,8(10)11)7-5-3-4-6-12-7/h7H,3-6H2,1-2H3,(H,10,11)/t7-/m1/s1. The minimum atomic E-state index is -0.769. The van der Waals surface area contributed by atoms with Gasteiger partial charge >= 0.3 is 5.97 Å². The highest BCUT2D eigenvalue weighted by molar-refractivity contribution is 5.74. The van der Waals surface area contributed by atoms with Crippen LogP contribution in [-0.4, -0.2) is 23.8 Å². The Morgan fingerprint density at radius 2 is 2.17 bits per heavy atom. The molecule has 1 fully saturated rings. The van der Waals surface area contributed by atoms with Gasteiger partial charge in [0.2, 0.25) is 0 Å². The summed E-state index contributed by atoms with van der Waals surface area (Å²) < 4.78 is 5.42. The molecule has 1 N–H and O–H groups in total. The number of carboxylic acid groups (broad SMARTS) is 1. The number of rotatable bonds is 2. The molecular weight excluding hydrogens is 156 g/mol. The highest BCUT2D eigenvalue weighted by Gasteiger charge is 2.38. The summed E-state index contributed by atoms with van der Waals surface area (Å²) in [6, 6.07) is 0. The van der Waals surface area contributed by atoms with Crippen LogP contribution in [0, 0.1) is 5.41 Å². The third-order valence-corrected chi connectivity index (χ3v) is 2.54. The van der Waals surface area contributed by atoms with Gasteiger partial charge in [-0.3, -0.25) is 4.79 Å². The molecule has 0 spiro atoms. The molecule has 0 amide bonds. The van der Waals surface area contributed by atoms with Crippen molar-refractivity contribution in [1.29, 1.82) is 0 Å². The lowest BCUT2D eigenvalue weighted by Crippen LogP contribution is -2.40. The smallest absolute Gasteiger partial charge is 0.311 e. The van der Waals surface area contributed by atoms with Crippen molar-refractivity contribution < 1.29 is 14.6 Å². The number of hydrogen-bond acceptors (Lipinski definition) is 2. The van der Waals surface area contributed by atoms with Crippen molar-refractivity contribution >= 4 is 5.97 Å². The van der Waals surface area contributed by atoms with Gasteiger partial charge in [-0.1, -0.05) is 0 Å². The van der Waals surface area contributed by atoms with E-state index in [2.05, 4.69) is 0 Å². The first-order valence-electron chi connectivity index (χ1n) is 4.40. The maximum atomic E-state index is 10.8. The average molecular weight is 172 g/mol. The molecule has 0 aromatic heterocycles. The average Bonchev–Trinajstić information content (AvgIpc) is 2.06. The minimum absolute atomic E-state index is 0.108. The van der Waals surface area contributed by atoms with Crippen LogP contribution in [0.4, 0.5) is 0 Å². The Bertz CT molecular complexity index is 169. The molecule has 1 heterocycles. The molecule has 70 valence electrons. The van der Waals surface area contributed by atoms with E-state index >= 15 is 0 Å². The predicted molar refractivity (Wildman–Crippen MR) is 45.0 cm³/mol. The summed E-state index contributed by atoms with van der Waals surface area (Å²) in [7, 11) is 0. The van der Waals surface area contributed by atoms with Crippen LogP contribution in [0.25, 0.3) is 0 Å². The molecule has 0 aliphatic carbocycles. The second-order valence-electron chi connectivity index (χ2n) is 3.88. The number of carboxylic acids is 1. The Morgan fingerprint density at radius 1 is 1.50 bits per heavy atom. The van der Waals surface area contributed by atoms with Crippen molar-refractivity contribution in [3.05, 3.63) is 0 Å². The molecule has 0 aromatic rings. The Hall–Kier alpha value is -0.570. The molecule has 12 heavy (non-hydrogen) atoms. The van der Waals surface area contributed by atoms with E-state index < -0.39 is 11.4 Å². The lowest BCUT2D eigenvalue weighted by molar-refractivity contribution is -0.159. The molecular formula is C9H16O3. The number of carbonyl (C=O) groups is 1. The number of hydrogen-bond donors (Lipinski definition) is 1. The van der Waals surface area contributed by atoms with Crippen LogP contribution in [0.2, 0.25) is 0 Å². The zero-order chi connectivity index (χ0) is 9.19. The van der Waals surface area contributed by atoms with E-state index in [9.17, 15) is 4.79 Å². The van der Waals surface area contributed by atoms with E-state index in [0.29, 0.717) is 6.61 Å². The van der Waals surface area contributed by atoms with Crippen LogP contribution in [0.15, 0.2) is 0 Å². The van der Waals surface area contributed by atoms with Gasteiger partial charge in [0.05, 0.1) is 11.5 Å². The Kier molecular flexibility index (Phi) is 2.73. The number of ether oxygens (including phenoxy) is 1. The topological polar surface area (TPSA) is 46.5 Å². The van der Waals surface area contributed by atoms with Gasteiger partial charge in [0.25, 0.3) is 0 Å². The van der Waals surface area contributed by atoms with Gasteiger partial charge in [-0.05, 0) is 33.1 Å². The van der Waals surface area contributed by atoms with Crippen molar-refractivity contribution in [2.75, 3.05) is 6.61 Å². The molecule has 1 atom stereocenters. The SMILES string of the molecule is CC(C)(C(=O)O)[C@H]1CCCCO1. The molecule has 0 aromatic carbocycles. The van der Waals surface area contributed by atoms with Crippen LogP contribution in [0.1, 0.15) is 33.1 Å². The van der Waals surface area contributed by atoms with Crippen LogP contribution in [-0.2, 0) is 9.53 Å². The first kappa shape index (κ1) is 9.52. The third kappa shape index (κ3) is 1.78. The molecule has 1 saturated heterocycles. The Balaban J connectivity index is 2.59. The fraction of sp³-hybridized carbons (Fsp3) is 0.889. The van der Waals surface area contributed by atoms with Gasteiger partial charge in [-0.25, -0.2) is 0 Å². The summed E-state index contributed by atoms with van der Waals surface area (Å²) in [5.74, 6) is -0.769. The second-order valence-corrected chi connectivity index (χ2v) is 3.88. The monoisotopic (exact) mass is 172 g/mol. The van der Waals surface area contributed by atoms with E-state index in [4.69, 9.17) is 9.84 Å². The first-order valence-corrected chi connectivity index (χ1v) is 4.40.